The van der Waals surface area contributed by atoms with Gasteiger partial charge in [-0.25, -0.2) is 0 Å². The van der Waals surface area contributed by atoms with E-state index in [0.717, 1.165) is 27.6 Å². The highest BCUT2D eigenvalue weighted by Gasteiger charge is 2.14. The SMILES string of the molecule is COc1ccc(-c2cc([N+](=O)[O-])ccc2OCc2cccc3ccccc23)cc1. The van der Waals surface area contributed by atoms with Crippen LogP contribution in [0.2, 0.25) is 0 Å². The van der Waals surface area contributed by atoms with E-state index in [1.807, 2.05) is 48.5 Å². The standard InChI is InChI=1S/C24H19NO4/c1-28-21-12-9-18(10-13-21)23-15-20(25(26)27)11-14-24(23)29-16-19-7-4-6-17-5-2-3-8-22(17)19/h2-15H,16H2,1H3. The number of nitro groups is 1. The Kier molecular flexibility index (Phi) is 5.12. The number of non-ortho nitro benzene ring substituents is 1. The molecule has 5 heteroatoms. The van der Waals surface area contributed by atoms with Crippen LogP contribution in [0, 0.1) is 10.1 Å². The van der Waals surface area contributed by atoms with E-state index in [9.17, 15) is 10.1 Å². The molecule has 0 atom stereocenters. The number of nitrogens with zero attached hydrogens (tertiary/aromatic N) is 1. The lowest BCUT2D eigenvalue weighted by Crippen LogP contribution is -1.99. The number of hydrogen-bond acceptors (Lipinski definition) is 4. The van der Waals surface area contributed by atoms with Crippen LogP contribution in [0.15, 0.2) is 84.9 Å². The third-order valence-corrected chi connectivity index (χ3v) is 4.84. The first kappa shape index (κ1) is 18.5. The van der Waals surface area contributed by atoms with Crippen LogP contribution in [0.1, 0.15) is 5.56 Å². The molecule has 0 saturated carbocycles. The molecule has 0 saturated heterocycles. The zero-order valence-corrected chi connectivity index (χ0v) is 15.9. The van der Waals surface area contributed by atoms with Crippen LogP contribution in [0.3, 0.4) is 0 Å². The molecule has 0 N–H and O–H groups in total. The molecule has 29 heavy (non-hydrogen) atoms. The summed E-state index contributed by atoms with van der Waals surface area (Å²) in [5.41, 5.74) is 2.57. The summed E-state index contributed by atoms with van der Waals surface area (Å²) >= 11 is 0. The smallest absolute Gasteiger partial charge is 0.270 e. The molecule has 0 heterocycles. The average Bonchev–Trinajstić information content (AvgIpc) is 2.77. The topological polar surface area (TPSA) is 61.6 Å². The van der Waals surface area contributed by atoms with E-state index in [0.29, 0.717) is 17.9 Å². The number of methoxy groups -OCH3 is 1. The zero-order valence-electron chi connectivity index (χ0n) is 15.9. The first-order valence-corrected chi connectivity index (χ1v) is 9.18. The van der Waals surface area contributed by atoms with Crippen molar-refractivity contribution in [2.75, 3.05) is 7.11 Å². The lowest BCUT2D eigenvalue weighted by atomic mass is 10.0. The molecule has 4 aromatic rings. The summed E-state index contributed by atoms with van der Waals surface area (Å²) in [5, 5.41) is 13.5. The Morgan fingerprint density at radius 2 is 1.66 bits per heavy atom. The summed E-state index contributed by atoms with van der Waals surface area (Å²) in [4.78, 5) is 10.9. The van der Waals surface area contributed by atoms with E-state index in [2.05, 4.69) is 18.2 Å². The number of rotatable bonds is 6. The fourth-order valence-electron chi connectivity index (χ4n) is 3.33. The van der Waals surface area contributed by atoms with Crippen molar-refractivity contribution in [1.82, 2.24) is 0 Å². The van der Waals surface area contributed by atoms with E-state index in [1.165, 1.54) is 6.07 Å². The second-order valence-corrected chi connectivity index (χ2v) is 6.59. The minimum absolute atomic E-state index is 0.0216. The monoisotopic (exact) mass is 385 g/mol. The van der Waals surface area contributed by atoms with Crippen molar-refractivity contribution < 1.29 is 14.4 Å². The van der Waals surface area contributed by atoms with E-state index in [-0.39, 0.29) is 5.69 Å². The lowest BCUT2D eigenvalue weighted by molar-refractivity contribution is -0.384. The number of ether oxygens (including phenoxy) is 2. The van der Waals surface area contributed by atoms with Crippen molar-refractivity contribution in [2.45, 2.75) is 6.61 Å². The molecule has 4 aromatic carbocycles. The molecule has 0 aromatic heterocycles. The van der Waals surface area contributed by atoms with Crippen molar-refractivity contribution in [1.29, 1.82) is 0 Å². The average molecular weight is 385 g/mol. The molecular weight excluding hydrogens is 366 g/mol. The van der Waals surface area contributed by atoms with Gasteiger partial charge in [-0.15, -0.1) is 0 Å². The van der Waals surface area contributed by atoms with Gasteiger partial charge in [-0.3, -0.25) is 10.1 Å². The van der Waals surface area contributed by atoms with Crippen LogP contribution >= 0.6 is 0 Å². The summed E-state index contributed by atoms with van der Waals surface area (Å²) in [7, 11) is 1.60. The summed E-state index contributed by atoms with van der Waals surface area (Å²) in [5.74, 6) is 1.31. The predicted molar refractivity (Wildman–Crippen MR) is 113 cm³/mol. The van der Waals surface area contributed by atoms with E-state index in [4.69, 9.17) is 9.47 Å². The molecule has 0 unspecified atom stereocenters. The Morgan fingerprint density at radius 1 is 0.897 bits per heavy atom. The van der Waals surface area contributed by atoms with Crippen molar-refractivity contribution in [3.63, 3.8) is 0 Å². The number of nitro benzene ring substituents is 1. The van der Waals surface area contributed by atoms with Crippen LogP contribution < -0.4 is 9.47 Å². The van der Waals surface area contributed by atoms with E-state index >= 15 is 0 Å². The van der Waals surface area contributed by atoms with Crippen molar-refractivity contribution >= 4 is 16.5 Å². The molecule has 144 valence electrons. The Bertz CT molecular complexity index is 1160. The maximum absolute atomic E-state index is 11.3. The summed E-state index contributed by atoms with van der Waals surface area (Å²) < 4.78 is 11.3. The van der Waals surface area contributed by atoms with Gasteiger partial charge in [-0.2, -0.15) is 0 Å². The molecule has 0 spiro atoms. The molecular formula is C24H19NO4. The Labute approximate surface area is 168 Å². The lowest BCUT2D eigenvalue weighted by Gasteiger charge is -2.13. The van der Waals surface area contributed by atoms with Crippen molar-refractivity contribution in [3.8, 4) is 22.6 Å². The number of hydrogen-bond donors (Lipinski definition) is 0. The van der Waals surface area contributed by atoms with Crippen LogP contribution in [0.25, 0.3) is 21.9 Å². The Balaban J connectivity index is 1.69. The maximum atomic E-state index is 11.3. The maximum Gasteiger partial charge on any atom is 0.270 e. The van der Waals surface area contributed by atoms with Crippen LogP contribution in [0.5, 0.6) is 11.5 Å². The highest BCUT2D eigenvalue weighted by atomic mass is 16.6. The molecule has 4 rings (SSSR count). The number of fused-ring (bicyclic) bond motifs is 1. The minimum atomic E-state index is -0.401. The highest BCUT2D eigenvalue weighted by molar-refractivity contribution is 5.85. The second kappa shape index (κ2) is 8.02. The van der Waals surface area contributed by atoms with Gasteiger partial charge in [0, 0.05) is 17.7 Å². The fraction of sp³-hybridized carbons (Fsp3) is 0.0833. The third-order valence-electron chi connectivity index (χ3n) is 4.84. The minimum Gasteiger partial charge on any atom is -0.497 e. The van der Waals surface area contributed by atoms with Crippen LogP contribution in [-0.2, 0) is 6.61 Å². The quantitative estimate of drug-likeness (QED) is 0.301. The summed E-state index contributed by atoms with van der Waals surface area (Å²) in [6.45, 7) is 0.363. The van der Waals surface area contributed by atoms with Crippen LogP contribution in [-0.4, -0.2) is 12.0 Å². The van der Waals surface area contributed by atoms with Gasteiger partial charge in [0.1, 0.15) is 18.1 Å². The molecule has 0 aliphatic heterocycles. The molecule has 0 radical (unpaired) electrons. The molecule has 0 aliphatic rings. The summed E-state index contributed by atoms with van der Waals surface area (Å²) in [6, 6.07) is 26.3. The third kappa shape index (κ3) is 3.89. The normalized spacial score (nSPS) is 10.7. The summed E-state index contributed by atoms with van der Waals surface area (Å²) in [6.07, 6.45) is 0. The molecule has 0 fully saturated rings. The zero-order chi connectivity index (χ0) is 20.2. The Hall–Kier alpha value is -3.86. The van der Waals surface area contributed by atoms with Crippen LogP contribution in [0.4, 0.5) is 5.69 Å². The fourth-order valence-corrected chi connectivity index (χ4v) is 3.33. The largest absolute Gasteiger partial charge is 0.497 e. The van der Waals surface area contributed by atoms with E-state index in [1.54, 1.807) is 19.2 Å². The Morgan fingerprint density at radius 3 is 2.41 bits per heavy atom. The molecule has 0 aliphatic carbocycles. The van der Waals surface area contributed by atoms with Crippen molar-refractivity contribution in [2.24, 2.45) is 0 Å². The highest BCUT2D eigenvalue weighted by Crippen LogP contribution is 2.35. The second-order valence-electron chi connectivity index (χ2n) is 6.59. The molecule has 5 nitrogen and oxygen atoms in total. The first-order chi connectivity index (χ1) is 14.2. The van der Waals surface area contributed by atoms with Gasteiger partial charge in [0.15, 0.2) is 0 Å². The van der Waals surface area contributed by atoms with Gasteiger partial charge in [0.2, 0.25) is 0 Å². The van der Waals surface area contributed by atoms with E-state index < -0.39 is 4.92 Å². The van der Waals surface area contributed by atoms with Gasteiger partial charge in [0.05, 0.1) is 12.0 Å². The van der Waals surface area contributed by atoms with Gasteiger partial charge in [0.25, 0.3) is 5.69 Å². The molecule has 0 amide bonds. The van der Waals surface area contributed by atoms with Gasteiger partial charge >= 0.3 is 0 Å². The van der Waals surface area contributed by atoms with Gasteiger partial charge in [-0.05, 0) is 40.1 Å². The van der Waals surface area contributed by atoms with Gasteiger partial charge < -0.3 is 9.47 Å². The molecule has 0 bridgehead atoms. The number of benzene rings is 4. The van der Waals surface area contributed by atoms with Crippen molar-refractivity contribution in [3.05, 3.63) is 101 Å². The van der Waals surface area contributed by atoms with Gasteiger partial charge in [-0.1, -0.05) is 54.6 Å². The first-order valence-electron chi connectivity index (χ1n) is 9.18. The predicted octanol–water partition coefficient (Wildman–Crippen LogP) is 6.00.